The molecule has 2 aromatic carbocycles. The highest BCUT2D eigenvalue weighted by molar-refractivity contribution is 7.89. The maximum absolute atomic E-state index is 14.6. The lowest BCUT2D eigenvalue weighted by Gasteiger charge is -2.35. The molecule has 1 atom stereocenters. The molecule has 3 fully saturated rings. The van der Waals surface area contributed by atoms with Crippen molar-refractivity contribution in [3.63, 3.8) is 0 Å². The van der Waals surface area contributed by atoms with Crippen molar-refractivity contribution in [3.05, 3.63) is 77.9 Å². The molecule has 0 aliphatic carbocycles. The molecule has 1 N–H and O–H groups in total. The van der Waals surface area contributed by atoms with Crippen LogP contribution in [0.3, 0.4) is 0 Å². The molecule has 6 rings (SSSR count). The van der Waals surface area contributed by atoms with Crippen LogP contribution in [0.15, 0.2) is 71.7 Å². The second-order valence-electron chi connectivity index (χ2n) is 11.7. The summed E-state index contributed by atoms with van der Waals surface area (Å²) in [7, 11) is -3.86. The summed E-state index contributed by atoms with van der Waals surface area (Å²) >= 11 is 0. The minimum absolute atomic E-state index is 0.0335. The number of likely N-dealkylation sites (tertiary alicyclic amines) is 1. The molecule has 2 amide bonds. The molecule has 12 heteroatoms. The van der Waals surface area contributed by atoms with Crippen LogP contribution in [0.1, 0.15) is 36.8 Å². The lowest BCUT2D eigenvalue weighted by molar-refractivity contribution is -0.143. The fourth-order valence-electron chi connectivity index (χ4n) is 6.96. The van der Waals surface area contributed by atoms with Gasteiger partial charge in [0.25, 0.3) is 17.6 Å². The van der Waals surface area contributed by atoms with E-state index in [4.69, 9.17) is 4.74 Å². The smallest absolute Gasteiger partial charge is 0.296 e. The number of Topliss-reactive ketones (excluding diaryl/α,β-unsaturated/α-hetero) is 1. The van der Waals surface area contributed by atoms with Crippen molar-refractivity contribution < 1.29 is 32.6 Å². The number of morpholine rings is 1. The SMILES string of the molecule is C=CCN1C(=O)C2(/C(=C(/O)c3cccc(S(=O)(=O)N4CCCCC4)c3)C(=O)C(=O)N2CCCN2CCOCC2)c2ccccc21. The number of fused-ring (bicyclic) bond motifs is 2. The molecule has 1 unspecified atom stereocenters. The Hall–Kier alpha value is -3.84. The summed E-state index contributed by atoms with van der Waals surface area (Å²) in [6.07, 6.45) is 4.52. The molecular formula is C33H38N4O7S. The van der Waals surface area contributed by atoms with Gasteiger partial charge in [0.1, 0.15) is 5.76 Å². The number of benzene rings is 2. The Kier molecular flexibility index (Phi) is 8.66. The Morgan fingerprint density at radius 2 is 1.69 bits per heavy atom. The standard InChI is InChI=1S/C33H38N4O7S/c1-2-14-36-27-13-5-4-12-26(27)33(32(36)41)28(30(39)31(40)37(33)18-9-15-34-19-21-44-22-20-34)29(38)24-10-8-11-25(23-24)45(42,43)35-16-6-3-7-17-35/h2,4-5,8,10-13,23,38H,1,3,6-7,9,14-22H2/b29-28+. The van der Waals surface area contributed by atoms with E-state index in [1.165, 1.54) is 38.4 Å². The highest BCUT2D eigenvalue weighted by Gasteiger charge is 2.66. The lowest BCUT2D eigenvalue weighted by atomic mass is 9.82. The molecule has 4 aliphatic heterocycles. The number of rotatable bonds is 9. The molecule has 0 aromatic heterocycles. The van der Waals surface area contributed by atoms with Gasteiger partial charge in [0, 0.05) is 56.9 Å². The number of aliphatic hydroxyl groups excluding tert-OH is 1. The summed E-state index contributed by atoms with van der Waals surface area (Å²) < 4.78 is 33.9. The van der Waals surface area contributed by atoms with Gasteiger partial charge >= 0.3 is 0 Å². The van der Waals surface area contributed by atoms with E-state index in [0.717, 1.165) is 32.4 Å². The van der Waals surface area contributed by atoms with Gasteiger partial charge in [-0.2, -0.15) is 4.31 Å². The largest absolute Gasteiger partial charge is 0.507 e. The number of aliphatic hydroxyl groups is 1. The molecule has 0 radical (unpaired) electrons. The van der Waals surface area contributed by atoms with Gasteiger partial charge in [0.05, 0.1) is 29.4 Å². The Balaban J connectivity index is 1.47. The third kappa shape index (κ3) is 5.19. The second-order valence-corrected chi connectivity index (χ2v) is 13.7. The average molecular weight is 635 g/mol. The zero-order valence-electron chi connectivity index (χ0n) is 25.2. The number of carbonyl (C=O) groups excluding carboxylic acids is 3. The number of ketones is 1. The third-order valence-corrected chi connectivity index (χ3v) is 11.0. The first-order valence-corrected chi connectivity index (χ1v) is 16.9. The van der Waals surface area contributed by atoms with Crippen LogP contribution in [-0.2, 0) is 34.7 Å². The average Bonchev–Trinajstić information content (AvgIpc) is 3.44. The summed E-state index contributed by atoms with van der Waals surface area (Å²) in [6.45, 7) is 8.15. The highest BCUT2D eigenvalue weighted by atomic mass is 32.2. The third-order valence-electron chi connectivity index (χ3n) is 9.14. The van der Waals surface area contributed by atoms with E-state index in [1.807, 2.05) is 0 Å². The van der Waals surface area contributed by atoms with Crippen molar-refractivity contribution in [2.45, 2.75) is 36.1 Å². The van der Waals surface area contributed by atoms with E-state index < -0.39 is 38.9 Å². The Labute approximate surface area is 263 Å². The first kappa shape index (κ1) is 31.2. The molecule has 4 heterocycles. The van der Waals surface area contributed by atoms with E-state index in [2.05, 4.69) is 11.5 Å². The van der Waals surface area contributed by atoms with Crippen molar-refractivity contribution in [2.24, 2.45) is 0 Å². The quantitative estimate of drug-likeness (QED) is 0.193. The lowest BCUT2D eigenvalue weighted by Crippen LogP contribution is -2.52. The molecule has 45 heavy (non-hydrogen) atoms. The van der Waals surface area contributed by atoms with Crippen LogP contribution in [0.2, 0.25) is 0 Å². The number of piperidine rings is 1. The van der Waals surface area contributed by atoms with E-state index >= 15 is 0 Å². The van der Waals surface area contributed by atoms with Crippen LogP contribution < -0.4 is 4.90 Å². The number of para-hydroxylation sites is 1. The number of anilines is 1. The van der Waals surface area contributed by atoms with E-state index in [9.17, 15) is 27.9 Å². The number of carbonyl (C=O) groups is 3. The zero-order chi connectivity index (χ0) is 31.8. The van der Waals surface area contributed by atoms with Crippen molar-refractivity contribution >= 4 is 39.1 Å². The fourth-order valence-corrected chi connectivity index (χ4v) is 8.52. The van der Waals surface area contributed by atoms with Gasteiger partial charge in [-0.1, -0.05) is 42.8 Å². The number of amides is 2. The molecule has 238 valence electrons. The van der Waals surface area contributed by atoms with Crippen LogP contribution >= 0.6 is 0 Å². The van der Waals surface area contributed by atoms with E-state index in [-0.39, 0.29) is 29.1 Å². The van der Waals surface area contributed by atoms with Crippen LogP contribution in [0.4, 0.5) is 5.69 Å². The van der Waals surface area contributed by atoms with Crippen LogP contribution in [0, 0.1) is 0 Å². The summed E-state index contributed by atoms with van der Waals surface area (Å²) in [5.41, 5.74) is -1.34. The fraction of sp³-hybridized carbons (Fsp3) is 0.424. The molecule has 1 spiro atoms. The summed E-state index contributed by atoms with van der Waals surface area (Å²) in [6, 6.07) is 12.7. The van der Waals surface area contributed by atoms with E-state index in [0.29, 0.717) is 50.5 Å². The minimum atomic E-state index is -3.86. The molecule has 2 aromatic rings. The predicted octanol–water partition coefficient (Wildman–Crippen LogP) is 2.69. The number of ether oxygens (including phenoxy) is 1. The minimum Gasteiger partial charge on any atom is -0.507 e. The number of sulfonamides is 1. The monoisotopic (exact) mass is 634 g/mol. The van der Waals surface area contributed by atoms with Gasteiger partial charge in [-0.15, -0.1) is 6.58 Å². The van der Waals surface area contributed by atoms with Gasteiger partial charge in [0.15, 0.2) is 5.54 Å². The molecule has 0 saturated carbocycles. The van der Waals surface area contributed by atoms with Gasteiger partial charge in [-0.3, -0.25) is 19.3 Å². The van der Waals surface area contributed by atoms with Crippen molar-refractivity contribution in [1.82, 2.24) is 14.1 Å². The summed E-state index contributed by atoms with van der Waals surface area (Å²) in [5.74, 6) is -3.03. The van der Waals surface area contributed by atoms with Crippen molar-refractivity contribution in [3.8, 4) is 0 Å². The zero-order valence-corrected chi connectivity index (χ0v) is 26.0. The Bertz CT molecular complexity index is 1660. The van der Waals surface area contributed by atoms with Crippen LogP contribution in [0.25, 0.3) is 5.76 Å². The molecule has 3 saturated heterocycles. The maximum Gasteiger partial charge on any atom is 0.296 e. The normalized spacial score (nSPS) is 24.0. The molecule has 11 nitrogen and oxygen atoms in total. The Morgan fingerprint density at radius 1 is 0.956 bits per heavy atom. The molecule has 4 aliphatic rings. The molecule has 0 bridgehead atoms. The predicted molar refractivity (Wildman–Crippen MR) is 168 cm³/mol. The Morgan fingerprint density at radius 3 is 2.42 bits per heavy atom. The van der Waals surface area contributed by atoms with E-state index in [1.54, 1.807) is 30.3 Å². The van der Waals surface area contributed by atoms with Crippen LogP contribution in [-0.4, -0.2) is 104 Å². The number of hydrogen-bond acceptors (Lipinski definition) is 8. The van der Waals surface area contributed by atoms with Gasteiger partial charge < -0.3 is 19.6 Å². The van der Waals surface area contributed by atoms with Gasteiger partial charge in [0.2, 0.25) is 10.0 Å². The number of nitrogens with zero attached hydrogens (tertiary/aromatic N) is 4. The number of hydrogen-bond donors (Lipinski definition) is 1. The van der Waals surface area contributed by atoms with Crippen molar-refractivity contribution in [2.75, 3.05) is 63.9 Å². The highest BCUT2D eigenvalue weighted by Crippen LogP contribution is 2.53. The van der Waals surface area contributed by atoms with Crippen molar-refractivity contribution in [1.29, 1.82) is 0 Å². The topological polar surface area (TPSA) is 128 Å². The second kappa shape index (κ2) is 12.5. The maximum atomic E-state index is 14.6. The van der Waals surface area contributed by atoms with Crippen LogP contribution in [0.5, 0.6) is 0 Å². The molecular weight excluding hydrogens is 596 g/mol. The van der Waals surface area contributed by atoms with Gasteiger partial charge in [-0.25, -0.2) is 8.42 Å². The summed E-state index contributed by atoms with van der Waals surface area (Å²) in [5, 5.41) is 11.9. The van der Waals surface area contributed by atoms with Gasteiger partial charge in [-0.05, 0) is 37.5 Å². The first-order chi connectivity index (χ1) is 21.7. The first-order valence-electron chi connectivity index (χ1n) is 15.5. The summed E-state index contributed by atoms with van der Waals surface area (Å²) in [4.78, 5) is 47.3.